The first-order chi connectivity index (χ1) is 28.3. The second kappa shape index (κ2) is 44.3. The zero-order chi connectivity index (χ0) is 42.5. The molecular weight excluding hydrogens is 750 g/mol. The van der Waals surface area contributed by atoms with Gasteiger partial charge in [0.05, 0.1) is 13.2 Å². The number of hydrogen-bond donors (Lipinski definition) is 2. The van der Waals surface area contributed by atoms with Gasteiger partial charge in [-0.15, -0.1) is 0 Å². The lowest BCUT2D eigenvalue weighted by molar-refractivity contribution is -0.161. The van der Waals surface area contributed by atoms with Gasteiger partial charge in [-0.1, -0.05) is 158 Å². The van der Waals surface area contributed by atoms with Crippen LogP contribution in [0.3, 0.4) is 0 Å². The molecule has 0 aliphatic carbocycles. The molecule has 0 spiro atoms. The highest BCUT2D eigenvalue weighted by molar-refractivity contribution is 7.47. The minimum absolute atomic E-state index is 0.0253. The molecule has 0 bridgehead atoms. The quantitative estimate of drug-likeness (QED) is 0.0268. The molecule has 0 heterocycles. The Bertz CT molecular complexity index is 1130. The molecule has 2 atom stereocenters. The van der Waals surface area contributed by atoms with Crippen LogP contribution in [-0.2, 0) is 32.7 Å². The van der Waals surface area contributed by atoms with E-state index in [2.05, 4.69) is 79.9 Å². The van der Waals surface area contributed by atoms with E-state index >= 15 is 0 Å². The summed E-state index contributed by atoms with van der Waals surface area (Å²) in [5.41, 5.74) is 0. The van der Waals surface area contributed by atoms with Crippen LogP contribution in [0.4, 0.5) is 0 Å². The van der Waals surface area contributed by atoms with Crippen LogP contribution in [0, 0.1) is 0 Å². The summed E-state index contributed by atoms with van der Waals surface area (Å²) < 4.78 is 33.2. The second-order valence-corrected chi connectivity index (χ2v) is 16.7. The molecule has 10 heteroatoms. The van der Waals surface area contributed by atoms with Gasteiger partial charge in [0, 0.05) is 19.4 Å². The van der Waals surface area contributed by atoms with Gasteiger partial charge >= 0.3 is 19.8 Å². The van der Waals surface area contributed by atoms with Crippen molar-refractivity contribution in [3.63, 3.8) is 0 Å². The monoisotopic (exact) mass is 836 g/mol. The number of phosphoric ester groups is 1. The molecule has 2 unspecified atom stereocenters. The third kappa shape index (κ3) is 43.3. The van der Waals surface area contributed by atoms with Crippen LogP contribution < -0.4 is 5.32 Å². The summed E-state index contributed by atoms with van der Waals surface area (Å²) in [5.74, 6) is -0.849. The molecule has 0 aromatic heterocycles. The fourth-order valence-electron chi connectivity index (χ4n) is 6.06. The van der Waals surface area contributed by atoms with E-state index in [1.807, 2.05) is 0 Å². The maximum Gasteiger partial charge on any atom is 0.472 e. The molecule has 0 aliphatic heterocycles. The molecular formula is C48H86NO8P. The number of carbonyl (C=O) groups excluding carboxylic acids is 2. The number of phosphoric acid groups is 1. The first-order valence-electron chi connectivity index (χ1n) is 23.2. The summed E-state index contributed by atoms with van der Waals surface area (Å²) in [7, 11) is -2.67. The summed E-state index contributed by atoms with van der Waals surface area (Å²) in [6.45, 7) is 4.15. The van der Waals surface area contributed by atoms with Crippen molar-refractivity contribution in [1.29, 1.82) is 0 Å². The Morgan fingerprint density at radius 2 is 0.931 bits per heavy atom. The van der Waals surface area contributed by atoms with Crippen LogP contribution in [-0.4, -0.2) is 56.3 Å². The minimum atomic E-state index is -4.36. The molecule has 0 saturated heterocycles. The maximum atomic E-state index is 12.6. The Morgan fingerprint density at radius 3 is 1.45 bits per heavy atom. The zero-order valence-corrected chi connectivity index (χ0v) is 38.1. The lowest BCUT2D eigenvalue weighted by Crippen LogP contribution is -2.29. The Kier molecular flexibility index (Phi) is 42.5. The van der Waals surface area contributed by atoms with Gasteiger partial charge < -0.3 is 19.7 Å². The SMILES string of the molecule is CCCCC/C=C\C/C=C\C/C=C\C/C=C\CCCCCC(=O)OCC(COP(=O)(O)OCCNC)OC(=O)CCCCCCCCC/C=C\CCCCCCCC. The molecule has 0 saturated carbocycles. The lowest BCUT2D eigenvalue weighted by Gasteiger charge is -2.20. The highest BCUT2D eigenvalue weighted by atomic mass is 31.2. The van der Waals surface area contributed by atoms with Gasteiger partial charge in [0.1, 0.15) is 6.61 Å². The molecule has 0 radical (unpaired) electrons. The third-order valence-electron chi connectivity index (χ3n) is 9.61. The molecule has 0 rings (SSSR count). The van der Waals surface area contributed by atoms with Crippen molar-refractivity contribution in [3.05, 3.63) is 60.8 Å². The summed E-state index contributed by atoms with van der Waals surface area (Å²) >= 11 is 0. The number of likely N-dealkylation sites (N-methyl/N-ethyl adjacent to an activating group) is 1. The Balaban J connectivity index is 4.26. The van der Waals surface area contributed by atoms with Crippen molar-refractivity contribution < 1.29 is 37.6 Å². The van der Waals surface area contributed by atoms with Crippen molar-refractivity contribution in [2.24, 2.45) is 0 Å². The molecule has 58 heavy (non-hydrogen) atoms. The Labute approximate surface area is 355 Å². The van der Waals surface area contributed by atoms with Crippen LogP contribution in [0.1, 0.15) is 194 Å². The van der Waals surface area contributed by atoms with E-state index in [1.165, 1.54) is 89.9 Å². The van der Waals surface area contributed by atoms with Gasteiger partial charge in [-0.25, -0.2) is 4.57 Å². The maximum absolute atomic E-state index is 12.6. The van der Waals surface area contributed by atoms with Crippen molar-refractivity contribution in [2.45, 2.75) is 200 Å². The topological polar surface area (TPSA) is 120 Å². The summed E-state index contributed by atoms with van der Waals surface area (Å²) in [6.07, 6.45) is 51.2. The van der Waals surface area contributed by atoms with Crippen molar-refractivity contribution in [2.75, 3.05) is 33.4 Å². The van der Waals surface area contributed by atoms with E-state index in [4.69, 9.17) is 18.5 Å². The van der Waals surface area contributed by atoms with Gasteiger partial charge in [-0.05, 0) is 90.5 Å². The molecule has 2 N–H and O–H groups in total. The fraction of sp³-hybridized carbons (Fsp3) is 0.750. The molecule has 0 aromatic carbocycles. The number of ether oxygens (including phenoxy) is 2. The van der Waals surface area contributed by atoms with Gasteiger partial charge in [-0.3, -0.25) is 18.6 Å². The average molecular weight is 836 g/mol. The largest absolute Gasteiger partial charge is 0.472 e. The van der Waals surface area contributed by atoms with E-state index in [0.717, 1.165) is 64.2 Å². The van der Waals surface area contributed by atoms with E-state index in [9.17, 15) is 19.0 Å². The van der Waals surface area contributed by atoms with Crippen molar-refractivity contribution in [3.8, 4) is 0 Å². The van der Waals surface area contributed by atoms with E-state index in [-0.39, 0.29) is 26.1 Å². The van der Waals surface area contributed by atoms with Gasteiger partial charge in [-0.2, -0.15) is 0 Å². The van der Waals surface area contributed by atoms with Gasteiger partial charge in [0.25, 0.3) is 0 Å². The Hall–Kier alpha value is -2.29. The summed E-state index contributed by atoms with van der Waals surface area (Å²) in [5, 5.41) is 2.82. The molecule has 9 nitrogen and oxygen atoms in total. The lowest BCUT2D eigenvalue weighted by atomic mass is 10.1. The predicted molar refractivity (Wildman–Crippen MR) is 243 cm³/mol. The normalized spacial score (nSPS) is 13.8. The van der Waals surface area contributed by atoms with Crippen LogP contribution in [0.5, 0.6) is 0 Å². The van der Waals surface area contributed by atoms with Crippen molar-refractivity contribution >= 4 is 19.8 Å². The van der Waals surface area contributed by atoms with Crippen LogP contribution in [0.2, 0.25) is 0 Å². The van der Waals surface area contributed by atoms with Crippen LogP contribution in [0.25, 0.3) is 0 Å². The molecule has 0 amide bonds. The smallest absolute Gasteiger partial charge is 0.462 e. The summed E-state index contributed by atoms with van der Waals surface area (Å²) in [4.78, 5) is 35.1. The number of rotatable bonds is 43. The molecule has 0 fully saturated rings. The number of unbranched alkanes of at least 4 members (excludes halogenated alkanes) is 19. The van der Waals surface area contributed by atoms with E-state index < -0.39 is 32.5 Å². The highest BCUT2D eigenvalue weighted by Gasteiger charge is 2.26. The van der Waals surface area contributed by atoms with Gasteiger partial charge in [0.2, 0.25) is 0 Å². The van der Waals surface area contributed by atoms with Gasteiger partial charge in [0.15, 0.2) is 6.10 Å². The number of esters is 2. The number of carbonyl (C=O) groups is 2. The van der Waals surface area contributed by atoms with E-state index in [0.29, 0.717) is 19.4 Å². The average Bonchev–Trinajstić information content (AvgIpc) is 3.21. The zero-order valence-electron chi connectivity index (χ0n) is 37.2. The predicted octanol–water partition coefficient (Wildman–Crippen LogP) is 13.5. The van der Waals surface area contributed by atoms with Crippen molar-refractivity contribution in [1.82, 2.24) is 5.32 Å². The van der Waals surface area contributed by atoms with E-state index in [1.54, 1.807) is 7.05 Å². The molecule has 0 aromatic rings. The standard InChI is InChI=1S/C48H86NO8P/c1-4-6-8-10-12-14-16-18-20-22-23-25-26-28-30-32-34-36-38-40-47(50)54-44-46(45-56-58(52,53)55-43-42-49-3)57-48(51)41-39-37-35-33-31-29-27-24-21-19-17-15-13-11-9-7-5-2/h12,14,18-21,23,25,28,30,46,49H,4-11,13,15-17,22,24,26-27,29,31-45H2,1-3H3,(H,52,53)/b14-12-,20-18-,21-19-,25-23-,30-28-. The van der Waals surface area contributed by atoms with Crippen LogP contribution >= 0.6 is 7.82 Å². The van der Waals surface area contributed by atoms with Crippen LogP contribution in [0.15, 0.2) is 60.8 Å². The number of allylic oxidation sites excluding steroid dienone is 10. The Morgan fingerprint density at radius 1 is 0.534 bits per heavy atom. The highest BCUT2D eigenvalue weighted by Crippen LogP contribution is 2.43. The second-order valence-electron chi connectivity index (χ2n) is 15.2. The summed E-state index contributed by atoms with van der Waals surface area (Å²) in [6, 6.07) is 0. The first-order valence-corrected chi connectivity index (χ1v) is 24.7. The minimum Gasteiger partial charge on any atom is -0.462 e. The fourth-order valence-corrected chi connectivity index (χ4v) is 6.81. The number of nitrogens with one attached hydrogen (secondary N) is 1. The first kappa shape index (κ1) is 55.7. The molecule has 0 aliphatic rings. The third-order valence-corrected chi connectivity index (χ3v) is 10.6. The molecule has 336 valence electrons. The number of hydrogen-bond acceptors (Lipinski definition) is 8.